The van der Waals surface area contributed by atoms with Crippen molar-refractivity contribution in [1.29, 1.82) is 0 Å². The number of nitrogens with zero attached hydrogens (tertiary/aromatic N) is 2. The van der Waals surface area contributed by atoms with Gasteiger partial charge >= 0.3 is 0 Å². The van der Waals surface area contributed by atoms with E-state index in [0.717, 1.165) is 33.8 Å². The lowest BCUT2D eigenvalue weighted by Crippen LogP contribution is -2.13. The van der Waals surface area contributed by atoms with Crippen molar-refractivity contribution in [2.24, 2.45) is 0 Å². The van der Waals surface area contributed by atoms with Gasteiger partial charge in [-0.3, -0.25) is 4.79 Å². The number of pyridine rings is 1. The first-order chi connectivity index (χ1) is 18.0. The third-order valence-electron chi connectivity index (χ3n) is 5.52. The lowest BCUT2D eigenvalue weighted by atomic mass is 10.0. The van der Waals surface area contributed by atoms with Crippen LogP contribution in [-0.2, 0) is 11.4 Å². The number of carbonyl (C=O) groups excluding carboxylic acids is 1. The molecule has 7 heteroatoms. The van der Waals surface area contributed by atoms with Crippen LogP contribution in [0.5, 0.6) is 5.75 Å². The van der Waals surface area contributed by atoms with E-state index < -0.39 is 0 Å². The Bertz CT molecular complexity index is 1350. The zero-order valence-electron chi connectivity index (χ0n) is 21.0. The van der Waals surface area contributed by atoms with Gasteiger partial charge < -0.3 is 26.0 Å². The smallest absolute Gasteiger partial charge is 0.248 e. The Kier molecular flexibility index (Phi) is 8.52. The van der Waals surface area contributed by atoms with E-state index in [2.05, 4.69) is 15.6 Å². The molecule has 188 valence electrons. The van der Waals surface area contributed by atoms with Crippen molar-refractivity contribution in [3.63, 3.8) is 0 Å². The maximum absolute atomic E-state index is 12.2. The highest BCUT2D eigenvalue weighted by Crippen LogP contribution is 2.35. The van der Waals surface area contributed by atoms with E-state index in [9.17, 15) is 4.79 Å². The van der Waals surface area contributed by atoms with Crippen molar-refractivity contribution in [1.82, 2.24) is 9.88 Å². The first-order valence-electron chi connectivity index (χ1n) is 12.0. The number of likely N-dealkylation sites (N-methyl/N-ethyl adjacent to an activating group) is 1. The number of benzene rings is 3. The molecule has 0 aliphatic rings. The van der Waals surface area contributed by atoms with Gasteiger partial charge in [0.05, 0.1) is 5.69 Å². The van der Waals surface area contributed by atoms with Crippen LogP contribution in [-0.4, -0.2) is 36.4 Å². The van der Waals surface area contributed by atoms with Gasteiger partial charge in [-0.25, -0.2) is 4.98 Å². The number of nitrogens with two attached hydrogens (primary N) is 1. The summed E-state index contributed by atoms with van der Waals surface area (Å²) in [5, 5.41) is 6.31. The predicted molar refractivity (Wildman–Crippen MR) is 151 cm³/mol. The predicted octanol–water partition coefficient (Wildman–Crippen LogP) is 5.71. The quantitative estimate of drug-likeness (QED) is 0.245. The topological polar surface area (TPSA) is 92.5 Å². The maximum atomic E-state index is 12.2. The van der Waals surface area contributed by atoms with Gasteiger partial charge in [-0.1, -0.05) is 54.6 Å². The number of nitrogen functional groups attached to an aromatic ring is 1. The summed E-state index contributed by atoms with van der Waals surface area (Å²) in [6.45, 7) is 1.20. The Hall–Kier alpha value is -4.62. The highest BCUT2D eigenvalue weighted by Gasteiger charge is 2.11. The van der Waals surface area contributed by atoms with E-state index in [-0.39, 0.29) is 5.91 Å². The Morgan fingerprint density at radius 1 is 0.973 bits per heavy atom. The molecule has 0 saturated heterocycles. The first-order valence-corrected chi connectivity index (χ1v) is 12.0. The Morgan fingerprint density at radius 2 is 1.73 bits per heavy atom. The number of aromatic nitrogens is 1. The van der Waals surface area contributed by atoms with Crippen molar-refractivity contribution in [2.75, 3.05) is 37.0 Å². The van der Waals surface area contributed by atoms with E-state index in [1.807, 2.05) is 110 Å². The second kappa shape index (κ2) is 12.4. The number of ether oxygens (including phenoxy) is 1. The van der Waals surface area contributed by atoms with E-state index in [4.69, 9.17) is 10.5 Å². The van der Waals surface area contributed by atoms with E-state index >= 15 is 0 Å². The van der Waals surface area contributed by atoms with Gasteiger partial charge in [0.25, 0.3) is 0 Å². The molecule has 1 amide bonds. The summed E-state index contributed by atoms with van der Waals surface area (Å²) in [6, 6.07) is 27.2. The van der Waals surface area contributed by atoms with Crippen LogP contribution in [0, 0.1) is 0 Å². The summed E-state index contributed by atoms with van der Waals surface area (Å²) in [4.78, 5) is 18.5. The van der Waals surface area contributed by atoms with Crippen molar-refractivity contribution in [3.05, 3.63) is 109 Å². The number of hydrogen-bond donors (Lipinski definition) is 3. The molecule has 0 spiro atoms. The average Bonchev–Trinajstić information content (AvgIpc) is 2.89. The summed E-state index contributed by atoms with van der Waals surface area (Å²) in [5.41, 5.74) is 11.4. The molecule has 4 rings (SSSR count). The summed E-state index contributed by atoms with van der Waals surface area (Å²) < 4.78 is 5.92. The highest BCUT2D eigenvalue weighted by atomic mass is 16.5. The molecule has 4 N–H and O–H groups in total. The summed E-state index contributed by atoms with van der Waals surface area (Å²) in [7, 11) is 3.90. The van der Waals surface area contributed by atoms with E-state index in [0.29, 0.717) is 24.7 Å². The number of carbonyl (C=O) groups is 1. The number of hydrogen-bond acceptors (Lipinski definition) is 6. The average molecular weight is 494 g/mol. The molecule has 0 atom stereocenters. The number of anilines is 4. The lowest BCUT2D eigenvalue weighted by Gasteiger charge is -2.15. The van der Waals surface area contributed by atoms with Gasteiger partial charge in [-0.15, -0.1) is 0 Å². The molecule has 37 heavy (non-hydrogen) atoms. The molecule has 0 aliphatic heterocycles. The molecule has 3 aromatic carbocycles. The zero-order valence-corrected chi connectivity index (χ0v) is 21.0. The van der Waals surface area contributed by atoms with Crippen LogP contribution in [0.3, 0.4) is 0 Å². The lowest BCUT2D eigenvalue weighted by molar-refractivity contribution is -0.111. The standard InChI is InChI=1S/C30H31N5O2/c1-35(2)19-7-12-28(36)34-25-11-6-10-24(20-25)33-27-17-18-32-30(31)29(27)23-13-15-26(16-14-23)37-21-22-8-4-3-5-9-22/h3-18,20H,19,21H2,1-2H3,(H,34,36)(H3,31,32,33)/b12-7+. The van der Waals surface area contributed by atoms with E-state index in [1.54, 1.807) is 6.20 Å². The molecule has 0 unspecified atom stereocenters. The minimum atomic E-state index is -0.178. The summed E-state index contributed by atoms with van der Waals surface area (Å²) >= 11 is 0. The fourth-order valence-electron chi connectivity index (χ4n) is 3.73. The largest absolute Gasteiger partial charge is 0.489 e. The molecular formula is C30H31N5O2. The molecular weight excluding hydrogens is 462 g/mol. The second-order valence-corrected chi connectivity index (χ2v) is 8.78. The normalized spacial score (nSPS) is 11.0. The van der Waals surface area contributed by atoms with Crippen molar-refractivity contribution >= 4 is 28.8 Å². The molecule has 0 fully saturated rings. The first kappa shape index (κ1) is 25.5. The Morgan fingerprint density at radius 3 is 2.49 bits per heavy atom. The number of nitrogens with one attached hydrogen (secondary N) is 2. The third kappa shape index (κ3) is 7.43. The van der Waals surface area contributed by atoms with Crippen molar-refractivity contribution < 1.29 is 9.53 Å². The van der Waals surface area contributed by atoms with Gasteiger partial charge in [-0.2, -0.15) is 0 Å². The molecule has 0 saturated carbocycles. The van der Waals surface area contributed by atoms with Gasteiger partial charge in [0.15, 0.2) is 0 Å². The van der Waals surface area contributed by atoms with Gasteiger partial charge in [0.2, 0.25) is 5.91 Å². The fourth-order valence-corrected chi connectivity index (χ4v) is 3.73. The van der Waals surface area contributed by atoms with Crippen LogP contribution >= 0.6 is 0 Å². The van der Waals surface area contributed by atoms with Crippen LogP contribution in [0.2, 0.25) is 0 Å². The molecule has 0 radical (unpaired) electrons. The van der Waals surface area contributed by atoms with Gasteiger partial charge in [0.1, 0.15) is 18.2 Å². The number of rotatable bonds is 10. The van der Waals surface area contributed by atoms with Crippen LogP contribution in [0.25, 0.3) is 11.1 Å². The minimum Gasteiger partial charge on any atom is -0.489 e. The van der Waals surface area contributed by atoms with Crippen LogP contribution in [0.4, 0.5) is 22.9 Å². The van der Waals surface area contributed by atoms with E-state index in [1.165, 1.54) is 6.08 Å². The maximum Gasteiger partial charge on any atom is 0.248 e. The molecule has 7 nitrogen and oxygen atoms in total. The molecule has 1 heterocycles. The monoisotopic (exact) mass is 493 g/mol. The Balaban J connectivity index is 1.47. The summed E-state index contributed by atoms with van der Waals surface area (Å²) in [5.74, 6) is 1.01. The molecule has 0 aliphatic carbocycles. The molecule has 4 aromatic rings. The van der Waals surface area contributed by atoms with Crippen molar-refractivity contribution in [2.45, 2.75) is 6.61 Å². The molecule has 0 bridgehead atoms. The highest BCUT2D eigenvalue weighted by molar-refractivity contribution is 5.99. The zero-order chi connectivity index (χ0) is 26.0. The van der Waals surface area contributed by atoms with Gasteiger partial charge in [-0.05, 0) is 61.6 Å². The van der Waals surface area contributed by atoms with Crippen LogP contribution < -0.4 is 21.1 Å². The summed E-state index contributed by atoms with van der Waals surface area (Å²) in [6.07, 6.45) is 5.02. The third-order valence-corrected chi connectivity index (χ3v) is 5.52. The fraction of sp³-hybridized carbons (Fsp3) is 0.133. The van der Waals surface area contributed by atoms with Crippen molar-refractivity contribution in [3.8, 4) is 16.9 Å². The van der Waals surface area contributed by atoms with Crippen LogP contribution in [0.1, 0.15) is 5.56 Å². The molecule has 1 aromatic heterocycles. The SMILES string of the molecule is CN(C)C/C=C/C(=O)Nc1cccc(Nc2ccnc(N)c2-c2ccc(OCc3ccccc3)cc2)c1. The van der Waals surface area contributed by atoms with Crippen LogP contribution in [0.15, 0.2) is 103 Å². The minimum absolute atomic E-state index is 0.178. The second-order valence-electron chi connectivity index (χ2n) is 8.78. The van der Waals surface area contributed by atoms with Gasteiger partial charge in [0, 0.05) is 35.8 Å². The number of amides is 1. The Labute approximate surface area is 217 Å².